The van der Waals surface area contributed by atoms with Crippen molar-refractivity contribution in [1.29, 1.82) is 0 Å². The molecule has 37 heavy (non-hydrogen) atoms. The Kier molecular flexibility index (Phi) is 6.67. The van der Waals surface area contributed by atoms with E-state index in [0.29, 0.717) is 28.0 Å². The predicted octanol–water partition coefficient (Wildman–Crippen LogP) is 7.48. The van der Waals surface area contributed by atoms with Gasteiger partial charge in [-0.15, -0.1) is 0 Å². The van der Waals surface area contributed by atoms with E-state index in [1.807, 2.05) is 30.3 Å². The van der Waals surface area contributed by atoms with Crippen molar-refractivity contribution in [3.8, 4) is 16.9 Å². The van der Waals surface area contributed by atoms with Crippen molar-refractivity contribution in [3.63, 3.8) is 0 Å². The molecule has 0 unspecified atom stereocenters. The fourth-order valence-corrected chi connectivity index (χ4v) is 4.13. The van der Waals surface area contributed by atoms with Gasteiger partial charge in [0, 0.05) is 16.7 Å². The number of hydrogen-bond acceptors (Lipinski definition) is 4. The monoisotopic (exact) mass is 508 g/mol. The van der Waals surface area contributed by atoms with Gasteiger partial charge in [0.25, 0.3) is 0 Å². The van der Waals surface area contributed by atoms with E-state index in [-0.39, 0.29) is 18.8 Å². The van der Waals surface area contributed by atoms with Crippen molar-refractivity contribution in [1.82, 2.24) is 0 Å². The largest absolute Gasteiger partial charge is 0.460 e. The molecule has 1 aliphatic rings. The van der Waals surface area contributed by atoms with Gasteiger partial charge in [-0.05, 0) is 41.5 Å². The van der Waals surface area contributed by atoms with Crippen LogP contribution in [0.4, 0.5) is 17.6 Å². The SMILES string of the molecule is O=C(OCc1cc(F)cc2c1O[C@@H](c1ccccc1)OC2)c1ccccc1-c1ccc(C(F)(F)F)cc1. The summed E-state index contributed by atoms with van der Waals surface area (Å²) in [4.78, 5) is 13.0. The van der Waals surface area contributed by atoms with Gasteiger partial charge in [0.1, 0.15) is 18.2 Å². The molecule has 1 atom stereocenters. The molecule has 0 N–H and O–H groups in total. The van der Waals surface area contributed by atoms with Crippen LogP contribution in [0.1, 0.15) is 38.9 Å². The van der Waals surface area contributed by atoms with E-state index in [4.69, 9.17) is 14.2 Å². The van der Waals surface area contributed by atoms with Crippen LogP contribution >= 0.6 is 0 Å². The van der Waals surface area contributed by atoms with Crippen LogP contribution in [0.2, 0.25) is 0 Å². The molecule has 0 aliphatic carbocycles. The lowest BCUT2D eigenvalue weighted by atomic mass is 9.98. The Bertz CT molecular complexity index is 1420. The van der Waals surface area contributed by atoms with Crippen molar-refractivity contribution in [2.24, 2.45) is 0 Å². The van der Waals surface area contributed by atoms with Crippen LogP contribution in [0, 0.1) is 5.82 Å². The number of carbonyl (C=O) groups excluding carboxylic acids is 1. The van der Waals surface area contributed by atoms with Gasteiger partial charge in [0.05, 0.1) is 17.7 Å². The summed E-state index contributed by atoms with van der Waals surface area (Å²) in [5.74, 6) is -0.856. The van der Waals surface area contributed by atoms with Gasteiger partial charge in [-0.1, -0.05) is 60.7 Å². The molecule has 0 aromatic heterocycles. The first-order valence-electron chi connectivity index (χ1n) is 11.4. The zero-order valence-corrected chi connectivity index (χ0v) is 19.3. The number of alkyl halides is 3. The van der Waals surface area contributed by atoms with Crippen LogP contribution < -0.4 is 4.74 Å². The maximum absolute atomic E-state index is 14.3. The van der Waals surface area contributed by atoms with Crippen molar-refractivity contribution in [2.45, 2.75) is 25.7 Å². The van der Waals surface area contributed by atoms with Crippen LogP contribution in [0.3, 0.4) is 0 Å². The summed E-state index contributed by atoms with van der Waals surface area (Å²) >= 11 is 0. The minimum Gasteiger partial charge on any atom is -0.460 e. The number of ether oxygens (including phenoxy) is 3. The highest BCUT2D eigenvalue weighted by Gasteiger charge is 2.30. The predicted molar refractivity (Wildman–Crippen MR) is 127 cm³/mol. The summed E-state index contributed by atoms with van der Waals surface area (Å²) in [7, 11) is 0. The molecular weight excluding hydrogens is 488 g/mol. The van der Waals surface area contributed by atoms with E-state index in [9.17, 15) is 22.4 Å². The molecule has 4 aromatic carbocycles. The van der Waals surface area contributed by atoms with Gasteiger partial charge in [-0.3, -0.25) is 0 Å². The standard InChI is InChI=1S/C29H20F4O4/c30-23-14-20(26-21(15-23)17-36-28(37-26)19-6-2-1-3-7-19)16-35-27(34)25-9-5-4-8-24(25)18-10-12-22(13-11-18)29(31,32)33/h1-15,28H,16-17H2/t28-/m0/s1. The summed E-state index contributed by atoms with van der Waals surface area (Å²) in [6, 6.07) is 22.7. The van der Waals surface area contributed by atoms with Crippen molar-refractivity contribution in [2.75, 3.05) is 0 Å². The Morgan fingerprint density at radius 2 is 1.62 bits per heavy atom. The fraction of sp³-hybridized carbons (Fsp3) is 0.138. The van der Waals surface area contributed by atoms with Gasteiger partial charge in [0.2, 0.25) is 6.29 Å². The third-order valence-electron chi connectivity index (χ3n) is 5.92. The van der Waals surface area contributed by atoms with Gasteiger partial charge in [0.15, 0.2) is 0 Å². The Morgan fingerprint density at radius 3 is 2.35 bits per heavy atom. The lowest BCUT2D eigenvalue weighted by molar-refractivity contribution is -0.137. The Hall–Kier alpha value is -4.17. The molecule has 0 spiro atoms. The van der Waals surface area contributed by atoms with Crippen LogP contribution in [-0.2, 0) is 28.9 Å². The second-order valence-electron chi connectivity index (χ2n) is 8.42. The average Bonchev–Trinajstić information content (AvgIpc) is 2.91. The normalized spacial score (nSPS) is 15.0. The summed E-state index contributed by atoms with van der Waals surface area (Å²) in [5.41, 5.74) is 1.82. The number of halogens is 4. The third-order valence-corrected chi connectivity index (χ3v) is 5.92. The van der Waals surface area contributed by atoms with Crippen molar-refractivity contribution >= 4 is 5.97 Å². The Labute approximate surface area is 210 Å². The minimum atomic E-state index is -4.46. The van der Waals surface area contributed by atoms with Crippen LogP contribution in [-0.4, -0.2) is 5.97 Å². The Balaban J connectivity index is 1.37. The smallest absolute Gasteiger partial charge is 0.416 e. The van der Waals surface area contributed by atoms with Crippen molar-refractivity contribution in [3.05, 3.63) is 125 Å². The second kappa shape index (κ2) is 10.1. The molecule has 0 fully saturated rings. The lowest BCUT2D eigenvalue weighted by Crippen LogP contribution is -2.20. The van der Waals surface area contributed by atoms with Gasteiger partial charge in [-0.25, -0.2) is 9.18 Å². The molecular formula is C29H20F4O4. The molecule has 1 heterocycles. The van der Waals surface area contributed by atoms with Crippen LogP contribution in [0.15, 0.2) is 91.0 Å². The van der Waals surface area contributed by atoms with Crippen LogP contribution in [0.5, 0.6) is 5.75 Å². The molecule has 0 radical (unpaired) electrons. The molecule has 8 heteroatoms. The molecule has 5 rings (SSSR count). The molecule has 0 saturated heterocycles. The number of benzene rings is 4. The highest BCUT2D eigenvalue weighted by atomic mass is 19.4. The molecule has 0 amide bonds. The molecule has 4 nitrogen and oxygen atoms in total. The quantitative estimate of drug-likeness (QED) is 0.207. The summed E-state index contributed by atoms with van der Waals surface area (Å²) < 4.78 is 70.4. The Morgan fingerprint density at radius 1 is 0.919 bits per heavy atom. The minimum absolute atomic E-state index is 0.115. The first kappa shape index (κ1) is 24.5. The number of hydrogen-bond donors (Lipinski definition) is 0. The molecule has 0 bridgehead atoms. The number of fused-ring (bicyclic) bond motifs is 1. The van der Waals surface area contributed by atoms with Crippen LogP contribution in [0.25, 0.3) is 11.1 Å². The fourth-order valence-electron chi connectivity index (χ4n) is 4.13. The summed E-state index contributed by atoms with van der Waals surface area (Å²) in [6.45, 7) is -0.161. The van der Waals surface area contributed by atoms with E-state index < -0.39 is 29.8 Å². The first-order chi connectivity index (χ1) is 17.8. The first-order valence-corrected chi connectivity index (χ1v) is 11.4. The second-order valence-corrected chi connectivity index (χ2v) is 8.42. The molecule has 0 saturated carbocycles. The maximum atomic E-state index is 14.3. The molecule has 4 aromatic rings. The van der Waals surface area contributed by atoms with Crippen molar-refractivity contribution < 1.29 is 36.6 Å². The zero-order chi connectivity index (χ0) is 26.0. The zero-order valence-electron chi connectivity index (χ0n) is 19.3. The topological polar surface area (TPSA) is 44.8 Å². The number of carbonyl (C=O) groups is 1. The van der Waals surface area contributed by atoms with Gasteiger partial charge < -0.3 is 14.2 Å². The highest BCUT2D eigenvalue weighted by molar-refractivity contribution is 5.97. The van der Waals surface area contributed by atoms with E-state index in [1.54, 1.807) is 18.2 Å². The van der Waals surface area contributed by atoms with E-state index in [1.165, 1.54) is 30.3 Å². The van der Waals surface area contributed by atoms with E-state index in [2.05, 4.69) is 0 Å². The number of esters is 1. The average molecular weight is 508 g/mol. The van der Waals surface area contributed by atoms with E-state index >= 15 is 0 Å². The molecule has 1 aliphatic heterocycles. The molecule has 188 valence electrons. The van der Waals surface area contributed by atoms with Gasteiger partial charge >= 0.3 is 12.1 Å². The highest BCUT2D eigenvalue weighted by Crippen LogP contribution is 2.37. The number of rotatable bonds is 5. The maximum Gasteiger partial charge on any atom is 0.416 e. The third kappa shape index (κ3) is 5.34. The summed E-state index contributed by atoms with van der Waals surface area (Å²) in [6.07, 6.45) is -5.16. The lowest BCUT2D eigenvalue weighted by Gasteiger charge is -2.28. The van der Waals surface area contributed by atoms with E-state index in [0.717, 1.165) is 17.7 Å². The summed E-state index contributed by atoms with van der Waals surface area (Å²) in [5, 5.41) is 0. The van der Waals surface area contributed by atoms with Gasteiger partial charge in [-0.2, -0.15) is 13.2 Å².